The SMILES string of the molecule is O=S(=O)([O-])c1ccc(NCc2cccc(Cl)c2)cc1.[Na+]. The van der Waals surface area contributed by atoms with E-state index in [2.05, 4.69) is 5.32 Å². The van der Waals surface area contributed by atoms with Gasteiger partial charge in [-0.1, -0.05) is 23.7 Å². The van der Waals surface area contributed by atoms with Crippen LogP contribution in [0.2, 0.25) is 5.02 Å². The fourth-order valence-corrected chi connectivity index (χ4v) is 2.27. The summed E-state index contributed by atoms with van der Waals surface area (Å²) in [7, 11) is -4.39. The first-order valence-corrected chi connectivity index (χ1v) is 7.28. The molecule has 4 nitrogen and oxygen atoms in total. The third kappa shape index (κ3) is 5.09. The van der Waals surface area contributed by atoms with Gasteiger partial charge in [-0.3, -0.25) is 0 Å². The minimum atomic E-state index is -4.39. The minimum absolute atomic E-state index is 0. The third-order valence-electron chi connectivity index (χ3n) is 2.53. The Morgan fingerprint density at radius 1 is 1.10 bits per heavy atom. The van der Waals surface area contributed by atoms with Gasteiger partial charge in [-0.15, -0.1) is 0 Å². The van der Waals surface area contributed by atoms with Crippen LogP contribution in [0, 0.1) is 0 Å². The average molecular weight is 320 g/mol. The number of nitrogens with one attached hydrogen (secondary N) is 1. The van der Waals surface area contributed by atoms with Crippen LogP contribution in [-0.2, 0) is 16.7 Å². The van der Waals surface area contributed by atoms with E-state index >= 15 is 0 Å². The number of halogens is 1. The molecular weight excluding hydrogens is 309 g/mol. The van der Waals surface area contributed by atoms with E-state index in [0.29, 0.717) is 11.6 Å². The standard InChI is InChI=1S/C13H12ClNO3S.Na/c14-11-3-1-2-10(8-11)9-15-12-4-6-13(7-5-12)19(16,17)18;/h1-8,15H,9H2,(H,16,17,18);/q;+1/p-1. The van der Waals surface area contributed by atoms with Crippen LogP contribution in [0.25, 0.3) is 0 Å². The summed E-state index contributed by atoms with van der Waals surface area (Å²) < 4.78 is 32.3. The van der Waals surface area contributed by atoms with E-state index in [1.54, 1.807) is 18.2 Å². The maximum absolute atomic E-state index is 10.8. The molecule has 0 spiro atoms. The normalized spacial score (nSPS) is 10.7. The van der Waals surface area contributed by atoms with Crippen LogP contribution in [-0.4, -0.2) is 13.0 Å². The van der Waals surface area contributed by atoms with E-state index in [0.717, 1.165) is 11.3 Å². The van der Waals surface area contributed by atoms with Crippen molar-refractivity contribution in [3.05, 3.63) is 59.1 Å². The molecule has 2 rings (SSSR count). The zero-order valence-corrected chi connectivity index (χ0v) is 14.4. The molecule has 0 aliphatic carbocycles. The van der Waals surface area contributed by atoms with Gasteiger partial charge in [-0.2, -0.15) is 0 Å². The van der Waals surface area contributed by atoms with E-state index in [9.17, 15) is 13.0 Å². The van der Waals surface area contributed by atoms with Crippen molar-refractivity contribution in [2.75, 3.05) is 5.32 Å². The van der Waals surface area contributed by atoms with Crippen molar-refractivity contribution in [1.82, 2.24) is 0 Å². The molecule has 0 aromatic heterocycles. The second kappa shape index (κ2) is 7.45. The predicted molar refractivity (Wildman–Crippen MR) is 73.2 cm³/mol. The van der Waals surface area contributed by atoms with Crippen molar-refractivity contribution in [3.63, 3.8) is 0 Å². The summed E-state index contributed by atoms with van der Waals surface area (Å²) >= 11 is 5.87. The van der Waals surface area contributed by atoms with E-state index < -0.39 is 10.1 Å². The van der Waals surface area contributed by atoms with E-state index in [1.165, 1.54) is 12.1 Å². The Labute approximate surface area is 145 Å². The van der Waals surface area contributed by atoms with Gasteiger partial charge in [-0.05, 0) is 42.0 Å². The molecular formula is C13H11ClNNaO3S. The molecule has 0 radical (unpaired) electrons. The van der Waals surface area contributed by atoms with Gasteiger partial charge in [0.1, 0.15) is 10.1 Å². The van der Waals surface area contributed by atoms with Gasteiger partial charge in [-0.25, -0.2) is 8.42 Å². The van der Waals surface area contributed by atoms with Gasteiger partial charge in [0.15, 0.2) is 0 Å². The first kappa shape index (κ1) is 17.5. The van der Waals surface area contributed by atoms with E-state index in [-0.39, 0.29) is 34.5 Å². The molecule has 2 aromatic rings. The zero-order valence-electron chi connectivity index (χ0n) is 10.8. The Kier molecular flexibility index (Phi) is 6.51. The Balaban J connectivity index is 0.00000200. The molecule has 0 fully saturated rings. The molecule has 0 bridgehead atoms. The Morgan fingerprint density at radius 3 is 2.30 bits per heavy atom. The van der Waals surface area contributed by atoms with Gasteiger partial charge in [0.2, 0.25) is 0 Å². The van der Waals surface area contributed by atoms with Crippen molar-refractivity contribution in [2.45, 2.75) is 11.4 Å². The summed E-state index contributed by atoms with van der Waals surface area (Å²) in [6, 6.07) is 13.1. The fourth-order valence-electron chi connectivity index (χ4n) is 1.59. The van der Waals surface area contributed by atoms with Crippen LogP contribution in [0.15, 0.2) is 53.4 Å². The second-order valence-corrected chi connectivity index (χ2v) is 5.78. The molecule has 7 heteroatoms. The summed E-state index contributed by atoms with van der Waals surface area (Å²) in [4.78, 5) is -0.235. The maximum Gasteiger partial charge on any atom is 1.00 e. The second-order valence-electron chi connectivity index (χ2n) is 3.96. The molecule has 0 saturated heterocycles. The first-order valence-electron chi connectivity index (χ1n) is 5.49. The fraction of sp³-hybridized carbons (Fsp3) is 0.0769. The molecule has 0 aliphatic heterocycles. The van der Waals surface area contributed by atoms with Gasteiger partial charge in [0.05, 0.1) is 4.90 Å². The van der Waals surface area contributed by atoms with Crippen LogP contribution < -0.4 is 34.9 Å². The third-order valence-corrected chi connectivity index (χ3v) is 3.61. The van der Waals surface area contributed by atoms with Crippen LogP contribution in [0.5, 0.6) is 0 Å². The summed E-state index contributed by atoms with van der Waals surface area (Å²) in [6.07, 6.45) is 0. The number of hydrogen-bond acceptors (Lipinski definition) is 4. The van der Waals surface area contributed by atoms with E-state index in [1.807, 2.05) is 18.2 Å². The van der Waals surface area contributed by atoms with E-state index in [4.69, 9.17) is 11.6 Å². The van der Waals surface area contributed by atoms with Crippen LogP contribution in [0.4, 0.5) is 5.69 Å². The first-order chi connectivity index (χ1) is 8.95. The molecule has 0 aliphatic rings. The number of hydrogen-bond donors (Lipinski definition) is 1. The van der Waals surface area contributed by atoms with Crippen molar-refractivity contribution >= 4 is 27.4 Å². The van der Waals surface area contributed by atoms with Crippen LogP contribution >= 0.6 is 11.6 Å². The van der Waals surface area contributed by atoms with Crippen LogP contribution in [0.3, 0.4) is 0 Å². The average Bonchev–Trinajstić information content (AvgIpc) is 2.36. The molecule has 20 heavy (non-hydrogen) atoms. The summed E-state index contributed by atoms with van der Waals surface area (Å²) in [6.45, 7) is 0.560. The number of benzene rings is 2. The summed E-state index contributed by atoms with van der Waals surface area (Å²) in [5, 5.41) is 3.77. The zero-order chi connectivity index (χ0) is 13.9. The number of rotatable bonds is 4. The van der Waals surface area contributed by atoms with Crippen molar-refractivity contribution in [1.29, 1.82) is 0 Å². The molecule has 0 unspecified atom stereocenters. The topological polar surface area (TPSA) is 69.2 Å². The minimum Gasteiger partial charge on any atom is -0.744 e. The van der Waals surface area contributed by atoms with Crippen molar-refractivity contribution in [2.24, 2.45) is 0 Å². The molecule has 0 amide bonds. The van der Waals surface area contributed by atoms with Crippen molar-refractivity contribution in [3.8, 4) is 0 Å². The quantitative estimate of drug-likeness (QED) is 0.629. The summed E-state index contributed by atoms with van der Waals surface area (Å²) in [5.41, 5.74) is 1.74. The molecule has 0 saturated carbocycles. The van der Waals surface area contributed by atoms with Gasteiger partial charge in [0, 0.05) is 17.3 Å². The monoisotopic (exact) mass is 319 g/mol. The van der Waals surface area contributed by atoms with Crippen molar-refractivity contribution < 1.29 is 42.5 Å². The summed E-state index contributed by atoms with van der Waals surface area (Å²) in [5.74, 6) is 0. The van der Waals surface area contributed by atoms with Gasteiger partial charge < -0.3 is 9.87 Å². The Bertz CT molecular complexity index is 674. The molecule has 0 atom stereocenters. The largest absolute Gasteiger partial charge is 1.00 e. The predicted octanol–water partition coefficient (Wildman–Crippen LogP) is -0.140. The molecule has 100 valence electrons. The molecule has 1 N–H and O–H groups in total. The van der Waals surface area contributed by atoms with Gasteiger partial charge in [0.25, 0.3) is 0 Å². The molecule has 0 heterocycles. The van der Waals surface area contributed by atoms with Crippen LogP contribution in [0.1, 0.15) is 5.56 Å². The smallest absolute Gasteiger partial charge is 0.744 e. The number of anilines is 1. The maximum atomic E-state index is 10.8. The Hall–Kier alpha value is -0.560. The van der Waals surface area contributed by atoms with Gasteiger partial charge >= 0.3 is 29.6 Å². The Morgan fingerprint density at radius 2 is 1.75 bits per heavy atom. The molecule has 2 aromatic carbocycles.